The molecule has 0 aromatic rings. The summed E-state index contributed by atoms with van der Waals surface area (Å²) in [7, 11) is 0. The molecule has 0 atom stereocenters. The van der Waals surface area contributed by atoms with Crippen LogP contribution in [0.15, 0.2) is 0 Å². The van der Waals surface area contributed by atoms with Gasteiger partial charge in [-0.15, -0.1) is 0 Å². The molecule has 0 aliphatic rings. The van der Waals surface area contributed by atoms with Gasteiger partial charge in [-0.05, 0) is 0 Å². The molecule has 2 N–H and O–H groups in total. The number of hydrogen-bond acceptors (Lipinski definition) is 8. The standard InChI is InChI=1S/C6H2O10.2Ca.4H/c7-1(8)3(11)15-5(13)6(14)16-4(12)2(9)10;;;;;;/h(H,7,8)(H,9,10);;;;;;. The van der Waals surface area contributed by atoms with Crippen molar-refractivity contribution < 1.29 is 48.5 Å². The SMILES string of the molecule is O=C(O)C(=O)OC(=O)C(=O)OC(=O)C(=O)O.[CaH2].[CaH2]. The van der Waals surface area contributed by atoms with Crippen molar-refractivity contribution in [2.24, 2.45) is 0 Å². The second-order valence-electron chi connectivity index (χ2n) is 1.96. The van der Waals surface area contributed by atoms with Gasteiger partial charge in [0.15, 0.2) is 0 Å². The van der Waals surface area contributed by atoms with Gasteiger partial charge in [-0.1, -0.05) is 0 Å². The quantitative estimate of drug-likeness (QED) is 0.192. The molecule has 0 amide bonds. The maximum absolute atomic E-state index is 10.5. The van der Waals surface area contributed by atoms with E-state index in [1.807, 2.05) is 0 Å². The summed E-state index contributed by atoms with van der Waals surface area (Å²) < 4.78 is 6.71. The van der Waals surface area contributed by atoms with Gasteiger partial charge in [0.25, 0.3) is 0 Å². The monoisotopic (exact) mass is 318 g/mol. The number of rotatable bonds is 0. The Kier molecular flexibility index (Phi) is 13.5. The molecule has 0 spiro atoms. The molecule has 10 nitrogen and oxygen atoms in total. The molecule has 12 heteroatoms. The molecule has 0 radical (unpaired) electrons. The van der Waals surface area contributed by atoms with Crippen LogP contribution in [0.4, 0.5) is 0 Å². The fourth-order valence-corrected chi connectivity index (χ4v) is 0.339. The molecule has 0 heterocycles. The average molecular weight is 318 g/mol. The van der Waals surface area contributed by atoms with Crippen LogP contribution in [-0.4, -0.2) is 122 Å². The molecule has 0 rings (SSSR count). The Morgan fingerprint density at radius 2 is 0.778 bits per heavy atom. The van der Waals surface area contributed by atoms with E-state index >= 15 is 0 Å². The van der Waals surface area contributed by atoms with E-state index in [-0.39, 0.29) is 75.5 Å². The molecule has 0 aliphatic heterocycles. The number of carboxylic acids is 2. The molecule has 0 fully saturated rings. The van der Waals surface area contributed by atoms with Crippen LogP contribution in [0.1, 0.15) is 0 Å². The van der Waals surface area contributed by atoms with Crippen molar-refractivity contribution >= 4 is 111 Å². The first-order valence-electron chi connectivity index (χ1n) is 3.24. The van der Waals surface area contributed by atoms with Crippen LogP contribution in [0.2, 0.25) is 0 Å². The van der Waals surface area contributed by atoms with Gasteiger partial charge in [-0.2, -0.15) is 0 Å². The van der Waals surface area contributed by atoms with Crippen LogP contribution >= 0.6 is 0 Å². The number of carbonyl (C=O) groups is 6. The molecule has 18 heavy (non-hydrogen) atoms. The number of ether oxygens (including phenoxy) is 2. The summed E-state index contributed by atoms with van der Waals surface area (Å²) >= 11 is 0. The number of hydrogen-bond donors (Lipinski definition) is 2. The summed E-state index contributed by atoms with van der Waals surface area (Å²) in [5.74, 6) is -12.7. The predicted octanol–water partition coefficient (Wildman–Crippen LogP) is -4.54. The predicted molar refractivity (Wildman–Crippen MR) is 54.6 cm³/mol. The van der Waals surface area contributed by atoms with E-state index < -0.39 is 35.8 Å². The van der Waals surface area contributed by atoms with Crippen LogP contribution in [0.3, 0.4) is 0 Å². The minimum absolute atomic E-state index is 0. The Balaban J connectivity index is -0.00000112. The van der Waals surface area contributed by atoms with E-state index in [0.29, 0.717) is 0 Å². The molecule has 0 unspecified atom stereocenters. The second kappa shape index (κ2) is 10.6. The average Bonchev–Trinajstić information content (AvgIpc) is 2.16. The minimum atomic E-state index is -2.16. The molecule has 0 aromatic heterocycles. The van der Waals surface area contributed by atoms with Gasteiger partial charge < -0.3 is 19.7 Å². The Morgan fingerprint density at radius 3 is 0.944 bits per heavy atom. The molecular weight excluding hydrogens is 312 g/mol. The third-order valence-corrected chi connectivity index (χ3v) is 0.887. The summed E-state index contributed by atoms with van der Waals surface area (Å²) in [5, 5.41) is 15.9. The first kappa shape index (κ1) is 22.9. The number of carbonyl (C=O) groups excluding carboxylic acids is 4. The van der Waals surface area contributed by atoms with Gasteiger partial charge in [0, 0.05) is 0 Å². The normalized spacial score (nSPS) is 7.78. The number of aliphatic carboxylic acids is 2. The van der Waals surface area contributed by atoms with Crippen molar-refractivity contribution in [2.75, 3.05) is 0 Å². The fourth-order valence-electron chi connectivity index (χ4n) is 0.339. The molecule has 0 saturated carbocycles. The van der Waals surface area contributed by atoms with Crippen molar-refractivity contribution in [3.05, 3.63) is 0 Å². The van der Waals surface area contributed by atoms with Gasteiger partial charge in [0.2, 0.25) is 0 Å². The molecule has 0 bridgehead atoms. The zero-order chi connectivity index (χ0) is 12.9. The summed E-state index contributed by atoms with van der Waals surface area (Å²) in [4.78, 5) is 61.1. The van der Waals surface area contributed by atoms with Crippen LogP contribution in [0.25, 0.3) is 0 Å². The van der Waals surface area contributed by atoms with Crippen LogP contribution in [0.5, 0.6) is 0 Å². The van der Waals surface area contributed by atoms with E-state index in [1.165, 1.54) is 0 Å². The first-order chi connectivity index (χ1) is 7.25. The van der Waals surface area contributed by atoms with Gasteiger partial charge in [0.1, 0.15) is 0 Å². The van der Waals surface area contributed by atoms with Crippen molar-refractivity contribution in [2.45, 2.75) is 0 Å². The third kappa shape index (κ3) is 8.78. The molecule has 0 saturated heterocycles. The Bertz CT molecular complexity index is 361. The van der Waals surface area contributed by atoms with Crippen molar-refractivity contribution in [1.82, 2.24) is 0 Å². The molecule has 94 valence electrons. The van der Waals surface area contributed by atoms with Crippen LogP contribution in [0, 0.1) is 0 Å². The Labute approximate surface area is 158 Å². The molecule has 0 aliphatic carbocycles. The zero-order valence-corrected chi connectivity index (χ0v) is 7.16. The summed E-state index contributed by atoms with van der Waals surface area (Å²) in [6.07, 6.45) is 0. The van der Waals surface area contributed by atoms with Gasteiger partial charge in [-0.3, -0.25) is 0 Å². The van der Waals surface area contributed by atoms with Crippen LogP contribution in [-0.2, 0) is 38.2 Å². The second-order valence-corrected chi connectivity index (χ2v) is 1.96. The van der Waals surface area contributed by atoms with Crippen molar-refractivity contribution in [1.29, 1.82) is 0 Å². The molecular formula is C6H6Ca2O10. The van der Waals surface area contributed by atoms with E-state index in [9.17, 15) is 28.8 Å². The fraction of sp³-hybridized carbons (Fsp3) is 0. The summed E-state index contributed by atoms with van der Waals surface area (Å²) in [6, 6.07) is 0. The molecule has 0 aromatic carbocycles. The van der Waals surface area contributed by atoms with E-state index in [0.717, 1.165) is 0 Å². The van der Waals surface area contributed by atoms with E-state index in [4.69, 9.17) is 10.2 Å². The maximum atomic E-state index is 10.5. The summed E-state index contributed by atoms with van der Waals surface area (Å²) in [5.41, 5.74) is 0. The van der Waals surface area contributed by atoms with E-state index in [2.05, 4.69) is 9.47 Å². The van der Waals surface area contributed by atoms with Gasteiger partial charge >= 0.3 is 111 Å². The Morgan fingerprint density at radius 1 is 0.556 bits per heavy atom. The van der Waals surface area contributed by atoms with E-state index in [1.54, 1.807) is 0 Å². The topological polar surface area (TPSA) is 161 Å². The van der Waals surface area contributed by atoms with Gasteiger partial charge in [-0.25, -0.2) is 28.8 Å². The van der Waals surface area contributed by atoms with Gasteiger partial charge in [0.05, 0.1) is 0 Å². The first-order valence-corrected chi connectivity index (χ1v) is 3.24. The summed E-state index contributed by atoms with van der Waals surface area (Å²) in [6.45, 7) is 0. The van der Waals surface area contributed by atoms with Crippen molar-refractivity contribution in [3.8, 4) is 0 Å². The van der Waals surface area contributed by atoms with Crippen LogP contribution < -0.4 is 0 Å². The number of esters is 4. The Hall–Kier alpha value is -0.261. The number of carboxylic acid groups (broad SMARTS) is 2. The van der Waals surface area contributed by atoms with Crippen molar-refractivity contribution in [3.63, 3.8) is 0 Å². The third-order valence-electron chi connectivity index (χ3n) is 0.887. The zero-order valence-electron chi connectivity index (χ0n) is 7.16.